The van der Waals surface area contributed by atoms with Crippen LogP contribution in [0.4, 0.5) is 11.4 Å². The Bertz CT molecular complexity index is 496. The summed E-state index contributed by atoms with van der Waals surface area (Å²) in [6, 6.07) is 1.18. The highest BCUT2D eigenvalue weighted by Crippen LogP contribution is 2.41. The van der Waals surface area contributed by atoms with E-state index in [0.29, 0.717) is 0 Å². The predicted molar refractivity (Wildman–Crippen MR) is 60.2 cm³/mol. The van der Waals surface area contributed by atoms with Crippen molar-refractivity contribution >= 4 is 11.4 Å². The maximum absolute atomic E-state index is 10.8. The minimum Gasteiger partial charge on any atom is -0.502 e. The monoisotopic (exact) mass is 240 g/mol. The largest absolute Gasteiger partial charge is 0.502 e. The number of nitrogens with zero attached hydrogens (tertiary/aromatic N) is 2. The highest BCUT2D eigenvalue weighted by Gasteiger charge is 2.29. The van der Waals surface area contributed by atoms with Gasteiger partial charge < -0.3 is 5.11 Å². The fourth-order valence-electron chi connectivity index (χ4n) is 1.61. The van der Waals surface area contributed by atoms with Gasteiger partial charge in [-0.15, -0.1) is 0 Å². The first-order chi connectivity index (χ1) is 7.77. The van der Waals surface area contributed by atoms with Crippen LogP contribution in [0.15, 0.2) is 6.07 Å². The molecule has 17 heavy (non-hydrogen) atoms. The van der Waals surface area contributed by atoms with Crippen LogP contribution >= 0.6 is 0 Å². The third kappa shape index (κ3) is 2.17. The van der Waals surface area contributed by atoms with Gasteiger partial charge in [0.2, 0.25) is 0 Å². The molecule has 0 unspecified atom stereocenters. The number of aromatic hydroxyl groups is 1. The molecule has 0 amide bonds. The molecular formula is C10H12N2O5. The van der Waals surface area contributed by atoms with E-state index in [1.807, 2.05) is 0 Å². The second kappa shape index (κ2) is 4.36. The van der Waals surface area contributed by atoms with Crippen LogP contribution in [0.3, 0.4) is 0 Å². The van der Waals surface area contributed by atoms with Crippen molar-refractivity contribution in [3.05, 3.63) is 37.4 Å². The molecule has 0 aromatic heterocycles. The molecule has 0 aliphatic heterocycles. The molecule has 0 aliphatic carbocycles. The summed E-state index contributed by atoms with van der Waals surface area (Å²) in [4.78, 5) is 20.1. The predicted octanol–water partition coefficient (Wildman–Crippen LogP) is 2.64. The summed E-state index contributed by atoms with van der Waals surface area (Å²) in [6.45, 7) is 4.63. The highest BCUT2D eigenvalue weighted by molar-refractivity contribution is 5.64. The van der Waals surface area contributed by atoms with E-state index in [-0.39, 0.29) is 22.7 Å². The van der Waals surface area contributed by atoms with Crippen molar-refractivity contribution in [2.24, 2.45) is 0 Å². The maximum atomic E-state index is 10.8. The van der Waals surface area contributed by atoms with Gasteiger partial charge in [0.15, 0.2) is 5.75 Å². The van der Waals surface area contributed by atoms with Gasteiger partial charge in [0.05, 0.1) is 9.85 Å². The lowest BCUT2D eigenvalue weighted by molar-refractivity contribution is -0.396. The molecule has 1 aromatic rings. The molecule has 0 spiro atoms. The molecule has 0 bridgehead atoms. The lowest BCUT2D eigenvalue weighted by Crippen LogP contribution is -2.02. The molecule has 1 aromatic carbocycles. The van der Waals surface area contributed by atoms with Crippen molar-refractivity contribution in [3.8, 4) is 5.75 Å². The van der Waals surface area contributed by atoms with Crippen LogP contribution in [-0.2, 0) is 0 Å². The Balaban J connectivity index is 3.69. The van der Waals surface area contributed by atoms with E-state index in [1.54, 1.807) is 13.8 Å². The van der Waals surface area contributed by atoms with Gasteiger partial charge in [0.1, 0.15) is 5.56 Å². The van der Waals surface area contributed by atoms with Crippen molar-refractivity contribution in [1.82, 2.24) is 0 Å². The first-order valence-electron chi connectivity index (χ1n) is 4.92. The molecule has 92 valence electrons. The summed E-state index contributed by atoms with van der Waals surface area (Å²) in [5.41, 5.74) is -0.878. The van der Waals surface area contributed by atoms with Crippen molar-refractivity contribution in [2.45, 2.75) is 26.7 Å². The fraction of sp³-hybridized carbons (Fsp3) is 0.400. The van der Waals surface area contributed by atoms with E-state index < -0.39 is 21.3 Å². The number of hydrogen-bond donors (Lipinski definition) is 1. The Kier molecular flexibility index (Phi) is 3.31. The van der Waals surface area contributed by atoms with E-state index in [2.05, 4.69) is 0 Å². The summed E-state index contributed by atoms with van der Waals surface area (Å²) in [5.74, 6) is -0.735. The van der Waals surface area contributed by atoms with Crippen molar-refractivity contribution < 1.29 is 15.0 Å². The zero-order valence-electron chi connectivity index (χ0n) is 9.63. The SMILES string of the molecule is Cc1c([N+](=O)[O-])cc(C(C)C)c(O)c1[N+](=O)[O-]. The number of nitro groups is 2. The molecule has 0 radical (unpaired) electrons. The molecular weight excluding hydrogens is 228 g/mol. The molecule has 0 fully saturated rings. The molecule has 1 rings (SSSR count). The van der Waals surface area contributed by atoms with Gasteiger partial charge in [-0.05, 0) is 12.8 Å². The zero-order valence-corrected chi connectivity index (χ0v) is 9.63. The average Bonchev–Trinajstić information content (AvgIpc) is 2.15. The quantitative estimate of drug-likeness (QED) is 0.645. The van der Waals surface area contributed by atoms with Crippen molar-refractivity contribution in [1.29, 1.82) is 0 Å². The second-order valence-corrected chi connectivity index (χ2v) is 3.98. The lowest BCUT2D eigenvalue weighted by atomic mass is 9.97. The van der Waals surface area contributed by atoms with Crippen LogP contribution in [0.2, 0.25) is 0 Å². The highest BCUT2D eigenvalue weighted by atomic mass is 16.6. The van der Waals surface area contributed by atoms with Crippen LogP contribution in [-0.4, -0.2) is 15.0 Å². The van der Waals surface area contributed by atoms with E-state index in [4.69, 9.17) is 0 Å². The molecule has 0 atom stereocenters. The molecule has 0 saturated heterocycles. The summed E-state index contributed by atoms with van der Waals surface area (Å²) >= 11 is 0. The van der Waals surface area contributed by atoms with Gasteiger partial charge in [0.25, 0.3) is 5.69 Å². The van der Waals surface area contributed by atoms with Crippen LogP contribution in [0.25, 0.3) is 0 Å². The van der Waals surface area contributed by atoms with Gasteiger partial charge >= 0.3 is 5.69 Å². The number of hydrogen-bond acceptors (Lipinski definition) is 5. The van der Waals surface area contributed by atoms with Crippen LogP contribution in [0.1, 0.15) is 30.9 Å². The molecule has 0 saturated carbocycles. The average molecular weight is 240 g/mol. The molecule has 7 nitrogen and oxygen atoms in total. The Morgan fingerprint density at radius 2 is 1.76 bits per heavy atom. The minimum absolute atomic E-state index is 0.137. The zero-order chi connectivity index (χ0) is 13.3. The number of rotatable bonds is 3. The van der Waals surface area contributed by atoms with Gasteiger partial charge in [-0.25, -0.2) is 0 Å². The number of nitro benzene ring substituents is 2. The van der Waals surface area contributed by atoms with Crippen LogP contribution < -0.4 is 0 Å². The Labute approximate surface area is 97.0 Å². The smallest absolute Gasteiger partial charge is 0.320 e. The Hall–Kier alpha value is -2.18. The lowest BCUT2D eigenvalue weighted by Gasteiger charge is -2.10. The van der Waals surface area contributed by atoms with Gasteiger partial charge in [-0.2, -0.15) is 0 Å². The van der Waals surface area contributed by atoms with E-state index in [0.717, 1.165) is 0 Å². The van der Waals surface area contributed by atoms with E-state index in [9.17, 15) is 25.3 Å². The van der Waals surface area contributed by atoms with Gasteiger partial charge in [-0.1, -0.05) is 13.8 Å². The van der Waals surface area contributed by atoms with Crippen molar-refractivity contribution in [2.75, 3.05) is 0 Å². The first kappa shape index (κ1) is 12.9. The number of phenols is 1. The third-order valence-corrected chi connectivity index (χ3v) is 2.53. The van der Waals surface area contributed by atoms with Crippen molar-refractivity contribution in [3.63, 3.8) is 0 Å². The standard InChI is InChI=1S/C10H12N2O5/c1-5(2)7-4-8(11(14)15)6(3)9(10(7)13)12(16)17/h4-5,13H,1-3H3. The maximum Gasteiger partial charge on any atom is 0.320 e. The number of phenolic OH excluding ortho intramolecular Hbond substituents is 1. The summed E-state index contributed by atoms with van der Waals surface area (Å²) in [6.07, 6.45) is 0. The summed E-state index contributed by atoms with van der Waals surface area (Å²) in [7, 11) is 0. The van der Waals surface area contributed by atoms with Gasteiger partial charge in [-0.3, -0.25) is 20.2 Å². The molecule has 1 N–H and O–H groups in total. The van der Waals surface area contributed by atoms with Gasteiger partial charge in [0, 0.05) is 11.6 Å². The third-order valence-electron chi connectivity index (χ3n) is 2.53. The minimum atomic E-state index is -0.802. The fourth-order valence-corrected chi connectivity index (χ4v) is 1.61. The summed E-state index contributed by atoms with van der Waals surface area (Å²) in [5, 5.41) is 31.4. The molecule has 0 heterocycles. The first-order valence-corrected chi connectivity index (χ1v) is 4.92. The Morgan fingerprint density at radius 1 is 1.24 bits per heavy atom. The second-order valence-electron chi connectivity index (χ2n) is 3.98. The molecule has 0 aliphatic rings. The Morgan fingerprint density at radius 3 is 2.12 bits per heavy atom. The normalized spacial score (nSPS) is 10.6. The number of benzene rings is 1. The topological polar surface area (TPSA) is 107 Å². The van der Waals surface area contributed by atoms with Crippen LogP contribution in [0, 0.1) is 27.2 Å². The van der Waals surface area contributed by atoms with Crippen LogP contribution in [0.5, 0.6) is 5.75 Å². The van der Waals surface area contributed by atoms with E-state index in [1.165, 1.54) is 13.0 Å². The summed E-state index contributed by atoms with van der Waals surface area (Å²) < 4.78 is 0. The van der Waals surface area contributed by atoms with E-state index >= 15 is 0 Å². The molecule has 7 heteroatoms.